The van der Waals surface area contributed by atoms with Crippen molar-refractivity contribution in [2.75, 3.05) is 13.1 Å². The van der Waals surface area contributed by atoms with Gasteiger partial charge in [0.15, 0.2) is 11.7 Å². The van der Waals surface area contributed by atoms with Gasteiger partial charge >= 0.3 is 0 Å². The van der Waals surface area contributed by atoms with Crippen LogP contribution >= 0.6 is 11.6 Å². The molecule has 0 aliphatic carbocycles. The number of nitro benzene ring substituents is 1. The van der Waals surface area contributed by atoms with Crippen LogP contribution in [0.3, 0.4) is 0 Å². The first-order valence-electron chi connectivity index (χ1n) is 6.21. The second-order valence-corrected chi connectivity index (χ2v) is 4.58. The maximum absolute atomic E-state index is 11.0. The average molecular weight is 296 g/mol. The number of nitrogens with one attached hydrogen (secondary N) is 1. The number of benzene rings is 1. The van der Waals surface area contributed by atoms with E-state index in [1.165, 1.54) is 12.3 Å². The Morgan fingerprint density at radius 3 is 3.00 bits per heavy atom. The molecule has 0 aliphatic rings. The van der Waals surface area contributed by atoms with Gasteiger partial charge < -0.3 is 9.73 Å². The first-order chi connectivity index (χ1) is 9.61. The highest BCUT2D eigenvalue weighted by Crippen LogP contribution is 2.32. The normalized spacial score (nSPS) is 10.7. The summed E-state index contributed by atoms with van der Waals surface area (Å²) in [6.07, 6.45) is 2.13. The van der Waals surface area contributed by atoms with Crippen LogP contribution in [-0.2, 0) is 6.42 Å². The van der Waals surface area contributed by atoms with Crippen LogP contribution in [0.2, 0.25) is 5.02 Å². The summed E-state index contributed by atoms with van der Waals surface area (Å²) < 4.78 is 5.55. The average Bonchev–Trinajstić information content (AvgIpc) is 2.87. The summed E-state index contributed by atoms with van der Waals surface area (Å²) in [5.41, 5.74) is 0.286. The maximum Gasteiger partial charge on any atom is 0.281 e. The molecule has 1 heterocycles. The minimum atomic E-state index is -0.484. The number of likely N-dealkylation sites (N-methyl/N-ethyl adjacent to an activating group) is 1. The van der Waals surface area contributed by atoms with Crippen LogP contribution in [0.5, 0.6) is 0 Å². The first kappa shape index (κ1) is 14.5. The topological polar surface area (TPSA) is 81.2 Å². The van der Waals surface area contributed by atoms with Gasteiger partial charge in [-0.2, -0.15) is 0 Å². The van der Waals surface area contributed by atoms with E-state index in [1.807, 2.05) is 6.92 Å². The minimum absolute atomic E-state index is 0.0908. The monoisotopic (exact) mass is 295 g/mol. The summed E-state index contributed by atoms with van der Waals surface area (Å²) in [5.74, 6) is 0.921. The van der Waals surface area contributed by atoms with Crippen molar-refractivity contribution in [1.82, 2.24) is 10.3 Å². The molecule has 0 spiro atoms. The van der Waals surface area contributed by atoms with Gasteiger partial charge in [-0.3, -0.25) is 10.1 Å². The molecule has 0 atom stereocenters. The summed E-state index contributed by atoms with van der Waals surface area (Å²) in [5, 5.41) is 14.5. The molecule has 1 aromatic carbocycles. The predicted molar refractivity (Wildman–Crippen MR) is 75.9 cm³/mol. The van der Waals surface area contributed by atoms with Gasteiger partial charge in [0.2, 0.25) is 0 Å². The van der Waals surface area contributed by atoms with Crippen LogP contribution in [-0.4, -0.2) is 23.0 Å². The van der Waals surface area contributed by atoms with E-state index in [9.17, 15) is 10.1 Å². The number of halogens is 1. The fraction of sp³-hybridized carbons (Fsp3) is 0.308. The second kappa shape index (κ2) is 6.49. The number of nitro groups is 1. The van der Waals surface area contributed by atoms with Gasteiger partial charge in [-0.05, 0) is 18.7 Å². The predicted octanol–water partition coefficient (Wildman–Crippen LogP) is 3.06. The van der Waals surface area contributed by atoms with Crippen molar-refractivity contribution in [3.63, 3.8) is 0 Å². The molecule has 0 saturated heterocycles. The largest absolute Gasteiger partial charge is 0.440 e. The van der Waals surface area contributed by atoms with Crippen LogP contribution in [0.4, 0.5) is 5.69 Å². The number of nitrogens with zero attached hydrogens (tertiary/aromatic N) is 2. The highest BCUT2D eigenvalue weighted by Gasteiger charge is 2.19. The van der Waals surface area contributed by atoms with E-state index in [1.54, 1.807) is 12.1 Å². The summed E-state index contributed by atoms with van der Waals surface area (Å²) in [6.45, 7) is 3.63. The molecule has 0 saturated carbocycles. The van der Waals surface area contributed by atoms with Crippen molar-refractivity contribution in [3.05, 3.63) is 45.4 Å². The van der Waals surface area contributed by atoms with Gasteiger partial charge in [0.1, 0.15) is 0 Å². The summed E-state index contributed by atoms with van der Waals surface area (Å²) in [4.78, 5) is 14.7. The summed E-state index contributed by atoms with van der Waals surface area (Å²) >= 11 is 5.78. The molecular formula is C13H14ClN3O3. The van der Waals surface area contributed by atoms with Crippen LogP contribution in [0.25, 0.3) is 11.3 Å². The molecule has 1 N–H and O–H groups in total. The highest BCUT2D eigenvalue weighted by atomic mass is 35.5. The molecule has 1 aromatic heterocycles. The zero-order valence-electron chi connectivity index (χ0n) is 10.9. The number of rotatable bonds is 6. The van der Waals surface area contributed by atoms with Gasteiger partial charge in [0, 0.05) is 24.1 Å². The van der Waals surface area contributed by atoms with E-state index < -0.39 is 4.92 Å². The number of oxazole rings is 1. The molecular weight excluding hydrogens is 282 g/mol. The van der Waals surface area contributed by atoms with E-state index in [0.29, 0.717) is 28.7 Å². The molecule has 20 heavy (non-hydrogen) atoms. The van der Waals surface area contributed by atoms with Gasteiger partial charge in [-0.15, -0.1) is 0 Å². The second-order valence-electron chi connectivity index (χ2n) is 4.14. The van der Waals surface area contributed by atoms with Crippen molar-refractivity contribution < 1.29 is 9.34 Å². The molecule has 2 rings (SSSR count). The highest BCUT2D eigenvalue weighted by molar-refractivity contribution is 6.30. The van der Waals surface area contributed by atoms with E-state index in [0.717, 1.165) is 13.1 Å². The number of hydrogen-bond acceptors (Lipinski definition) is 5. The smallest absolute Gasteiger partial charge is 0.281 e. The Balaban J connectivity index is 2.25. The Kier molecular flexibility index (Phi) is 4.70. The molecule has 0 bridgehead atoms. The van der Waals surface area contributed by atoms with Gasteiger partial charge in [0.25, 0.3) is 5.69 Å². The maximum atomic E-state index is 11.0. The molecule has 0 unspecified atom stereocenters. The fourth-order valence-corrected chi connectivity index (χ4v) is 1.95. The third kappa shape index (κ3) is 3.34. The quantitative estimate of drug-likeness (QED) is 0.503. The number of hydrogen-bond donors (Lipinski definition) is 1. The van der Waals surface area contributed by atoms with Crippen LogP contribution in [0, 0.1) is 10.1 Å². The van der Waals surface area contributed by atoms with Crippen molar-refractivity contribution in [1.29, 1.82) is 0 Å². The Hall–Kier alpha value is -1.92. The molecule has 106 valence electrons. The lowest BCUT2D eigenvalue weighted by Crippen LogP contribution is -2.16. The Labute approximate surface area is 120 Å². The van der Waals surface area contributed by atoms with Gasteiger partial charge in [0.05, 0.1) is 16.7 Å². The SMILES string of the molecule is CCNCCc1ncc(-c2ccc(Cl)cc2[N+](=O)[O-])o1. The van der Waals surface area contributed by atoms with E-state index in [-0.39, 0.29) is 5.69 Å². The lowest BCUT2D eigenvalue weighted by molar-refractivity contribution is -0.384. The van der Waals surface area contributed by atoms with Crippen molar-refractivity contribution >= 4 is 17.3 Å². The summed E-state index contributed by atoms with van der Waals surface area (Å²) in [7, 11) is 0. The molecule has 0 fully saturated rings. The van der Waals surface area contributed by atoms with Crippen molar-refractivity contribution in [2.45, 2.75) is 13.3 Å². The Morgan fingerprint density at radius 1 is 1.50 bits per heavy atom. The van der Waals surface area contributed by atoms with E-state index in [2.05, 4.69) is 10.3 Å². The van der Waals surface area contributed by atoms with Gasteiger partial charge in [-0.1, -0.05) is 18.5 Å². The minimum Gasteiger partial charge on any atom is -0.440 e. The van der Waals surface area contributed by atoms with Crippen LogP contribution in [0.15, 0.2) is 28.8 Å². The molecule has 0 radical (unpaired) electrons. The fourth-order valence-electron chi connectivity index (χ4n) is 1.79. The zero-order valence-corrected chi connectivity index (χ0v) is 11.7. The Morgan fingerprint density at radius 2 is 2.30 bits per heavy atom. The van der Waals surface area contributed by atoms with Crippen molar-refractivity contribution in [3.8, 4) is 11.3 Å². The molecule has 6 nitrogen and oxygen atoms in total. The number of aromatic nitrogens is 1. The zero-order chi connectivity index (χ0) is 14.5. The molecule has 2 aromatic rings. The third-order valence-corrected chi connectivity index (χ3v) is 2.98. The van der Waals surface area contributed by atoms with Gasteiger partial charge in [-0.25, -0.2) is 4.98 Å². The van der Waals surface area contributed by atoms with Crippen molar-refractivity contribution in [2.24, 2.45) is 0 Å². The first-order valence-corrected chi connectivity index (χ1v) is 6.59. The standard InChI is InChI=1S/C13H14ClN3O3/c1-2-15-6-5-13-16-8-12(20-13)10-4-3-9(14)7-11(10)17(18)19/h3-4,7-8,15H,2,5-6H2,1H3. The lowest BCUT2D eigenvalue weighted by atomic mass is 10.1. The Bertz CT molecular complexity index is 613. The third-order valence-electron chi connectivity index (χ3n) is 2.74. The molecule has 7 heteroatoms. The summed E-state index contributed by atoms with van der Waals surface area (Å²) in [6, 6.07) is 4.46. The van der Waals surface area contributed by atoms with Crippen LogP contribution < -0.4 is 5.32 Å². The lowest BCUT2D eigenvalue weighted by Gasteiger charge is -2.00. The molecule has 0 aliphatic heterocycles. The molecule has 0 amide bonds. The van der Waals surface area contributed by atoms with E-state index in [4.69, 9.17) is 16.0 Å². The van der Waals surface area contributed by atoms with E-state index >= 15 is 0 Å². The van der Waals surface area contributed by atoms with Crippen LogP contribution in [0.1, 0.15) is 12.8 Å².